The van der Waals surface area contributed by atoms with Gasteiger partial charge in [-0.1, -0.05) is 6.92 Å². The van der Waals surface area contributed by atoms with Crippen LogP contribution >= 0.6 is 0 Å². The highest BCUT2D eigenvalue weighted by atomic mass is 15.3. The molecule has 0 aromatic heterocycles. The number of hydrogen-bond acceptors (Lipinski definition) is 4. The lowest BCUT2D eigenvalue weighted by Crippen LogP contribution is -2.61. The molecule has 3 unspecified atom stereocenters. The fraction of sp³-hybridized carbons (Fsp3) is 1.00. The fourth-order valence-corrected chi connectivity index (χ4v) is 4.13. The highest BCUT2D eigenvalue weighted by Gasteiger charge is 2.40. The van der Waals surface area contributed by atoms with Crippen molar-refractivity contribution < 1.29 is 0 Å². The summed E-state index contributed by atoms with van der Waals surface area (Å²) in [4.78, 5) is 7.70. The van der Waals surface area contributed by atoms with Crippen molar-refractivity contribution in [1.29, 1.82) is 0 Å². The maximum Gasteiger partial charge on any atom is 0.0356 e. The lowest BCUT2D eigenvalue weighted by Gasteiger charge is -2.50. The quantitative estimate of drug-likeness (QED) is 0.822. The van der Waals surface area contributed by atoms with Gasteiger partial charge in [0.05, 0.1) is 0 Å². The van der Waals surface area contributed by atoms with Crippen LogP contribution in [-0.2, 0) is 0 Å². The molecule has 4 heteroatoms. The van der Waals surface area contributed by atoms with Gasteiger partial charge in [0.1, 0.15) is 0 Å². The van der Waals surface area contributed by atoms with Crippen LogP contribution in [0.1, 0.15) is 39.5 Å². The summed E-state index contributed by atoms with van der Waals surface area (Å²) in [5.41, 5.74) is 6.43. The van der Waals surface area contributed by atoms with Gasteiger partial charge in [0.25, 0.3) is 0 Å². The van der Waals surface area contributed by atoms with Crippen molar-refractivity contribution >= 4 is 0 Å². The van der Waals surface area contributed by atoms with Crippen molar-refractivity contribution in [3.8, 4) is 0 Å². The summed E-state index contributed by atoms with van der Waals surface area (Å²) in [6.07, 6.45) is 5.13. The summed E-state index contributed by atoms with van der Waals surface area (Å²) in [5.74, 6) is 0. The zero-order chi connectivity index (χ0) is 14.8. The average molecular weight is 282 g/mol. The van der Waals surface area contributed by atoms with Crippen LogP contribution in [0.3, 0.4) is 0 Å². The zero-order valence-corrected chi connectivity index (χ0v) is 13.9. The van der Waals surface area contributed by atoms with Crippen molar-refractivity contribution in [2.24, 2.45) is 5.73 Å². The third-order valence-corrected chi connectivity index (χ3v) is 5.94. The summed E-state index contributed by atoms with van der Waals surface area (Å²) >= 11 is 0. The first-order valence-electron chi connectivity index (χ1n) is 8.38. The van der Waals surface area contributed by atoms with Crippen LogP contribution in [0.15, 0.2) is 0 Å². The van der Waals surface area contributed by atoms with Gasteiger partial charge < -0.3 is 10.6 Å². The van der Waals surface area contributed by atoms with Crippen molar-refractivity contribution in [3.05, 3.63) is 0 Å². The first kappa shape index (κ1) is 16.2. The van der Waals surface area contributed by atoms with Gasteiger partial charge in [-0.3, -0.25) is 9.80 Å². The largest absolute Gasteiger partial charge is 0.329 e. The van der Waals surface area contributed by atoms with Gasteiger partial charge in [0.2, 0.25) is 0 Å². The van der Waals surface area contributed by atoms with E-state index in [4.69, 9.17) is 5.73 Å². The van der Waals surface area contributed by atoms with E-state index in [0.717, 1.165) is 12.6 Å². The fourth-order valence-electron chi connectivity index (χ4n) is 4.13. The molecule has 0 saturated carbocycles. The third kappa shape index (κ3) is 3.19. The Morgan fingerprint density at radius 1 is 1.35 bits per heavy atom. The Hall–Kier alpha value is -0.160. The van der Waals surface area contributed by atoms with Crippen LogP contribution in [0, 0.1) is 0 Å². The number of likely N-dealkylation sites (tertiary alicyclic amines) is 2. The molecular weight excluding hydrogens is 248 g/mol. The van der Waals surface area contributed by atoms with Gasteiger partial charge in [-0.15, -0.1) is 0 Å². The van der Waals surface area contributed by atoms with Crippen molar-refractivity contribution in [3.63, 3.8) is 0 Å². The van der Waals surface area contributed by atoms with Gasteiger partial charge in [-0.2, -0.15) is 0 Å². The molecule has 0 amide bonds. The molecule has 2 rings (SSSR count). The highest BCUT2D eigenvalue weighted by Crippen LogP contribution is 2.31. The third-order valence-electron chi connectivity index (χ3n) is 5.94. The van der Waals surface area contributed by atoms with Crippen molar-refractivity contribution in [2.75, 3.05) is 46.8 Å². The molecule has 20 heavy (non-hydrogen) atoms. The first-order chi connectivity index (χ1) is 9.52. The van der Waals surface area contributed by atoms with E-state index < -0.39 is 0 Å². The first-order valence-corrected chi connectivity index (χ1v) is 8.38. The molecular formula is C16H34N4. The number of nitrogens with two attached hydrogens (primary N) is 1. The molecule has 0 bridgehead atoms. The van der Waals surface area contributed by atoms with E-state index in [1.807, 2.05) is 0 Å². The van der Waals surface area contributed by atoms with E-state index >= 15 is 0 Å². The van der Waals surface area contributed by atoms with E-state index in [0.29, 0.717) is 6.04 Å². The van der Waals surface area contributed by atoms with Crippen LogP contribution in [0.25, 0.3) is 0 Å². The number of nitrogens with zero attached hydrogens (tertiary/aromatic N) is 3. The second-order valence-corrected chi connectivity index (χ2v) is 7.02. The zero-order valence-electron chi connectivity index (χ0n) is 13.9. The van der Waals surface area contributed by atoms with E-state index in [9.17, 15) is 0 Å². The maximum absolute atomic E-state index is 6.21. The molecule has 2 N–H and O–H groups in total. The summed E-state index contributed by atoms with van der Waals surface area (Å²) < 4.78 is 0. The van der Waals surface area contributed by atoms with Crippen molar-refractivity contribution in [1.82, 2.24) is 14.7 Å². The molecule has 118 valence electrons. The SMILES string of the molecule is CCN1CCCC1CN(C)C1(CN)CCN(C)C(C)C1. The molecule has 0 aliphatic carbocycles. The summed E-state index contributed by atoms with van der Waals surface area (Å²) in [6.45, 7) is 10.2. The molecule has 0 aromatic carbocycles. The molecule has 3 atom stereocenters. The smallest absolute Gasteiger partial charge is 0.0356 e. The summed E-state index contributed by atoms with van der Waals surface area (Å²) in [7, 11) is 4.54. The van der Waals surface area contributed by atoms with E-state index in [-0.39, 0.29) is 5.54 Å². The molecule has 0 radical (unpaired) electrons. The monoisotopic (exact) mass is 282 g/mol. The standard InChI is InChI=1S/C16H34N4/c1-5-20-9-6-7-15(20)12-19(4)16(13-17)8-10-18(3)14(2)11-16/h14-15H,5-13,17H2,1-4H3. The van der Waals surface area contributed by atoms with Crippen LogP contribution in [0.4, 0.5) is 0 Å². The number of hydrogen-bond donors (Lipinski definition) is 1. The van der Waals surface area contributed by atoms with Gasteiger partial charge >= 0.3 is 0 Å². The van der Waals surface area contributed by atoms with Gasteiger partial charge in [-0.25, -0.2) is 0 Å². The van der Waals surface area contributed by atoms with Gasteiger partial charge in [0.15, 0.2) is 0 Å². The highest BCUT2D eigenvalue weighted by molar-refractivity contribution is 4.99. The molecule has 0 spiro atoms. The Balaban J connectivity index is 2.00. The second-order valence-electron chi connectivity index (χ2n) is 7.02. The number of likely N-dealkylation sites (N-methyl/N-ethyl adjacent to an activating group) is 2. The minimum absolute atomic E-state index is 0.216. The summed E-state index contributed by atoms with van der Waals surface area (Å²) in [5, 5.41) is 0. The molecule has 2 aliphatic heterocycles. The molecule has 4 nitrogen and oxygen atoms in total. The van der Waals surface area contributed by atoms with Crippen LogP contribution in [0.5, 0.6) is 0 Å². The number of rotatable bonds is 5. The topological polar surface area (TPSA) is 35.7 Å². The Bertz CT molecular complexity index is 309. The van der Waals surface area contributed by atoms with E-state index in [1.165, 1.54) is 51.9 Å². The Labute approximate surface area is 125 Å². The predicted octanol–water partition coefficient (Wildman–Crippen LogP) is 1.21. The minimum Gasteiger partial charge on any atom is -0.329 e. The predicted molar refractivity (Wildman–Crippen MR) is 86.0 cm³/mol. The average Bonchev–Trinajstić information content (AvgIpc) is 2.89. The van der Waals surface area contributed by atoms with Crippen molar-refractivity contribution in [2.45, 2.75) is 57.2 Å². The van der Waals surface area contributed by atoms with Crippen LogP contribution in [0.2, 0.25) is 0 Å². The molecule has 0 aromatic rings. The maximum atomic E-state index is 6.21. The Morgan fingerprint density at radius 2 is 2.10 bits per heavy atom. The normalized spacial score (nSPS) is 36.9. The van der Waals surface area contributed by atoms with Crippen LogP contribution < -0.4 is 5.73 Å². The molecule has 2 fully saturated rings. The minimum atomic E-state index is 0.216. The second kappa shape index (κ2) is 6.73. The number of piperidine rings is 1. The van der Waals surface area contributed by atoms with Crippen LogP contribution in [-0.4, -0.2) is 79.1 Å². The Morgan fingerprint density at radius 3 is 2.70 bits per heavy atom. The van der Waals surface area contributed by atoms with E-state index in [1.54, 1.807) is 0 Å². The summed E-state index contributed by atoms with van der Waals surface area (Å²) in [6, 6.07) is 1.38. The molecule has 2 saturated heterocycles. The van der Waals surface area contributed by atoms with Gasteiger partial charge in [0, 0.05) is 30.7 Å². The molecule has 2 heterocycles. The lowest BCUT2D eigenvalue weighted by atomic mass is 9.82. The van der Waals surface area contributed by atoms with Gasteiger partial charge in [-0.05, 0) is 66.3 Å². The molecule has 2 aliphatic rings. The Kier molecular flexibility index (Phi) is 5.46. The lowest BCUT2D eigenvalue weighted by molar-refractivity contribution is 0.0144. The van der Waals surface area contributed by atoms with E-state index in [2.05, 4.69) is 42.6 Å².